The van der Waals surface area contributed by atoms with Crippen molar-refractivity contribution >= 4 is 23.2 Å². The second kappa shape index (κ2) is 6.77. The number of aromatic nitrogens is 1. The highest BCUT2D eigenvalue weighted by Gasteiger charge is 2.31. The van der Waals surface area contributed by atoms with Crippen LogP contribution in [-0.2, 0) is 16.0 Å². The van der Waals surface area contributed by atoms with Crippen molar-refractivity contribution in [1.82, 2.24) is 14.8 Å². The molecule has 3 rings (SSSR count). The molecule has 0 N–H and O–H groups in total. The number of thiazole rings is 1. The molecule has 0 spiro atoms. The lowest BCUT2D eigenvalue weighted by atomic mass is 9.95. The molecular formula is C16H23N3O2S. The predicted molar refractivity (Wildman–Crippen MR) is 85.7 cm³/mol. The highest BCUT2D eigenvalue weighted by molar-refractivity contribution is 7.09. The molecule has 0 aromatic carbocycles. The Kier molecular flexibility index (Phi) is 4.76. The Hall–Kier alpha value is -1.43. The van der Waals surface area contributed by atoms with E-state index in [2.05, 4.69) is 4.98 Å². The van der Waals surface area contributed by atoms with Gasteiger partial charge in [0, 0.05) is 37.5 Å². The molecule has 2 saturated heterocycles. The number of hydrogen-bond donors (Lipinski definition) is 0. The molecule has 2 amide bonds. The van der Waals surface area contributed by atoms with Gasteiger partial charge in [0.15, 0.2) is 0 Å². The maximum absolute atomic E-state index is 12.4. The van der Waals surface area contributed by atoms with Crippen molar-refractivity contribution in [2.75, 3.05) is 26.2 Å². The van der Waals surface area contributed by atoms with Gasteiger partial charge in [-0.05, 0) is 32.6 Å². The molecule has 0 radical (unpaired) electrons. The first-order chi connectivity index (χ1) is 10.6. The van der Waals surface area contributed by atoms with E-state index in [4.69, 9.17) is 0 Å². The minimum Gasteiger partial charge on any atom is -0.342 e. The largest absolute Gasteiger partial charge is 0.342 e. The smallest absolute Gasteiger partial charge is 0.228 e. The third-order valence-electron chi connectivity index (χ3n) is 4.61. The number of rotatable bonds is 3. The van der Waals surface area contributed by atoms with Gasteiger partial charge in [0.25, 0.3) is 0 Å². The van der Waals surface area contributed by atoms with E-state index in [0.717, 1.165) is 49.5 Å². The maximum atomic E-state index is 12.4. The molecule has 1 aromatic heterocycles. The molecule has 0 atom stereocenters. The van der Waals surface area contributed by atoms with Gasteiger partial charge in [-0.1, -0.05) is 0 Å². The first kappa shape index (κ1) is 15.5. The standard InChI is InChI=1S/C16H23N3O2S/c1-12-17-14(11-22-12)10-15(20)18-8-4-13(5-9-18)16(21)19-6-2-3-7-19/h11,13H,2-10H2,1H3. The lowest BCUT2D eigenvalue weighted by Gasteiger charge is -2.33. The lowest BCUT2D eigenvalue weighted by Crippen LogP contribution is -2.44. The van der Waals surface area contributed by atoms with Gasteiger partial charge in [-0.15, -0.1) is 11.3 Å². The van der Waals surface area contributed by atoms with Crippen molar-refractivity contribution in [3.05, 3.63) is 16.1 Å². The second-order valence-corrected chi connectivity index (χ2v) is 7.28. The Morgan fingerprint density at radius 2 is 1.86 bits per heavy atom. The fraction of sp³-hybridized carbons (Fsp3) is 0.688. The van der Waals surface area contributed by atoms with Gasteiger partial charge in [-0.25, -0.2) is 4.98 Å². The molecule has 0 unspecified atom stereocenters. The normalized spacial score (nSPS) is 19.7. The molecule has 2 aliphatic heterocycles. The van der Waals surface area contributed by atoms with Crippen LogP contribution in [0.1, 0.15) is 36.4 Å². The third kappa shape index (κ3) is 3.48. The molecule has 5 nitrogen and oxygen atoms in total. The highest BCUT2D eigenvalue weighted by Crippen LogP contribution is 2.22. The van der Waals surface area contributed by atoms with Crippen LogP contribution >= 0.6 is 11.3 Å². The zero-order valence-electron chi connectivity index (χ0n) is 13.1. The summed E-state index contributed by atoms with van der Waals surface area (Å²) in [5.74, 6) is 0.556. The molecule has 3 heterocycles. The average Bonchev–Trinajstić information content (AvgIpc) is 3.18. The minimum absolute atomic E-state index is 0.115. The quantitative estimate of drug-likeness (QED) is 0.854. The minimum atomic E-state index is 0.115. The number of nitrogens with zero attached hydrogens (tertiary/aromatic N) is 3. The number of carbonyl (C=O) groups excluding carboxylic acids is 2. The van der Waals surface area contributed by atoms with Crippen LogP contribution < -0.4 is 0 Å². The maximum Gasteiger partial charge on any atom is 0.228 e. The van der Waals surface area contributed by atoms with Crippen molar-refractivity contribution in [1.29, 1.82) is 0 Å². The summed E-state index contributed by atoms with van der Waals surface area (Å²) in [5, 5.41) is 2.95. The topological polar surface area (TPSA) is 53.5 Å². The summed E-state index contributed by atoms with van der Waals surface area (Å²) in [7, 11) is 0. The van der Waals surface area contributed by atoms with Gasteiger partial charge in [0.1, 0.15) is 0 Å². The lowest BCUT2D eigenvalue weighted by molar-refractivity contribution is -0.139. The Bertz CT molecular complexity index is 543. The van der Waals surface area contributed by atoms with E-state index in [0.29, 0.717) is 25.4 Å². The monoisotopic (exact) mass is 321 g/mol. The third-order valence-corrected chi connectivity index (χ3v) is 5.44. The Balaban J connectivity index is 1.48. The van der Waals surface area contributed by atoms with E-state index < -0.39 is 0 Å². The Labute approximate surface area is 135 Å². The summed E-state index contributed by atoms with van der Waals surface area (Å²) in [6, 6.07) is 0. The summed E-state index contributed by atoms with van der Waals surface area (Å²) < 4.78 is 0. The fourth-order valence-electron chi connectivity index (χ4n) is 3.33. The molecule has 0 saturated carbocycles. The summed E-state index contributed by atoms with van der Waals surface area (Å²) in [6.45, 7) is 5.19. The van der Waals surface area contributed by atoms with Gasteiger partial charge < -0.3 is 9.80 Å². The number of aryl methyl sites for hydroxylation is 1. The van der Waals surface area contributed by atoms with Gasteiger partial charge in [-0.2, -0.15) is 0 Å². The second-order valence-electron chi connectivity index (χ2n) is 6.22. The van der Waals surface area contributed by atoms with E-state index in [-0.39, 0.29) is 11.8 Å². The molecular weight excluding hydrogens is 298 g/mol. The van der Waals surface area contributed by atoms with Crippen LogP contribution in [0.4, 0.5) is 0 Å². The SMILES string of the molecule is Cc1nc(CC(=O)N2CCC(C(=O)N3CCCC3)CC2)cs1. The van der Waals surface area contributed by atoms with E-state index in [1.165, 1.54) is 0 Å². The first-order valence-corrected chi connectivity index (χ1v) is 8.99. The summed E-state index contributed by atoms with van der Waals surface area (Å²) >= 11 is 1.58. The van der Waals surface area contributed by atoms with E-state index >= 15 is 0 Å². The molecule has 120 valence electrons. The van der Waals surface area contributed by atoms with E-state index in [1.807, 2.05) is 22.1 Å². The van der Waals surface area contributed by atoms with Gasteiger partial charge >= 0.3 is 0 Å². The zero-order valence-corrected chi connectivity index (χ0v) is 13.9. The van der Waals surface area contributed by atoms with Gasteiger partial charge in [0.05, 0.1) is 17.1 Å². The summed E-state index contributed by atoms with van der Waals surface area (Å²) in [5.41, 5.74) is 0.864. The predicted octanol–water partition coefficient (Wildman–Crippen LogP) is 1.86. The molecule has 2 fully saturated rings. The van der Waals surface area contributed by atoms with Crippen LogP contribution in [0.25, 0.3) is 0 Å². The zero-order chi connectivity index (χ0) is 15.5. The molecule has 2 aliphatic rings. The van der Waals surface area contributed by atoms with Crippen molar-refractivity contribution in [3.63, 3.8) is 0 Å². The molecule has 22 heavy (non-hydrogen) atoms. The number of likely N-dealkylation sites (tertiary alicyclic amines) is 2. The molecule has 1 aromatic rings. The van der Waals surface area contributed by atoms with Crippen LogP contribution in [0, 0.1) is 12.8 Å². The van der Waals surface area contributed by atoms with Crippen LogP contribution in [0.15, 0.2) is 5.38 Å². The number of hydrogen-bond acceptors (Lipinski definition) is 4. The van der Waals surface area contributed by atoms with Crippen molar-refractivity contribution < 1.29 is 9.59 Å². The Morgan fingerprint density at radius 3 is 2.45 bits per heavy atom. The first-order valence-electron chi connectivity index (χ1n) is 8.11. The van der Waals surface area contributed by atoms with Crippen LogP contribution in [0.2, 0.25) is 0 Å². The van der Waals surface area contributed by atoms with E-state index in [9.17, 15) is 9.59 Å². The average molecular weight is 321 g/mol. The van der Waals surface area contributed by atoms with Crippen molar-refractivity contribution in [3.8, 4) is 0 Å². The number of piperidine rings is 1. The summed E-state index contributed by atoms with van der Waals surface area (Å²) in [4.78, 5) is 32.9. The van der Waals surface area contributed by atoms with Gasteiger partial charge in [0.2, 0.25) is 11.8 Å². The molecule has 0 aliphatic carbocycles. The van der Waals surface area contributed by atoms with E-state index in [1.54, 1.807) is 11.3 Å². The Morgan fingerprint density at radius 1 is 1.18 bits per heavy atom. The van der Waals surface area contributed by atoms with Crippen molar-refractivity contribution in [2.45, 2.75) is 39.0 Å². The van der Waals surface area contributed by atoms with Crippen LogP contribution in [-0.4, -0.2) is 52.8 Å². The number of carbonyl (C=O) groups is 2. The van der Waals surface area contributed by atoms with Crippen molar-refractivity contribution in [2.24, 2.45) is 5.92 Å². The molecule has 6 heteroatoms. The van der Waals surface area contributed by atoms with Crippen LogP contribution in [0.3, 0.4) is 0 Å². The van der Waals surface area contributed by atoms with Crippen LogP contribution in [0.5, 0.6) is 0 Å². The van der Waals surface area contributed by atoms with Gasteiger partial charge in [-0.3, -0.25) is 9.59 Å². The fourth-order valence-corrected chi connectivity index (χ4v) is 3.94. The number of amides is 2. The summed E-state index contributed by atoms with van der Waals surface area (Å²) in [6.07, 6.45) is 4.26. The molecule has 0 bridgehead atoms. The highest BCUT2D eigenvalue weighted by atomic mass is 32.1.